The van der Waals surface area contributed by atoms with Crippen molar-refractivity contribution in [3.05, 3.63) is 50.7 Å². The van der Waals surface area contributed by atoms with Crippen LogP contribution in [0, 0.1) is 0 Å². The number of rotatable bonds is 5. The van der Waals surface area contributed by atoms with Crippen LogP contribution in [0.3, 0.4) is 0 Å². The molecule has 1 aromatic carbocycles. The summed E-state index contributed by atoms with van der Waals surface area (Å²) in [4.78, 5) is 14.5. The first-order valence-electron chi connectivity index (χ1n) is 8.27. The summed E-state index contributed by atoms with van der Waals surface area (Å²) < 4.78 is 65.3. The van der Waals surface area contributed by atoms with Crippen molar-refractivity contribution in [2.45, 2.75) is 30.5 Å². The van der Waals surface area contributed by atoms with E-state index in [1.807, 2.05) is 11.4 Å². The molecule has 0 saturated heterocycles. The number of halogens is 4. The number of amides is 1. The van der Waals surface area contributed by atoms with Crippen molar-refractivity contribution >= 4 is 38.9 Å². The molecule has 0 unspecified atom stereocenters. The van der Waals surface area contributed by atoms with Gasteiger partial charge in [-0.2, -0.15) is 13.2 Å². The molecule has 2 aromatic rings. The maximum Gasteiger partial charge on any atom is 0.416 e. The molecule has 1 aromatic heterocycles. The lowest BCUT2D eigenvalue weighted by molar-refractivity contribution is -0.137. The summed E-state index contributed by atoms with van der Waals surface area (Å²) in [6.07, 6.45) is -4.04. The third kappa shape index (κ3) is 4.68. The van der Waals surface area contributed by atoms with E-state index in [1.54, 1.807) is 16.2 Å². The van der Waals surface area contributed by atoms with E-state index in [0.717, 1.165) is 18.1 Å². The molecule has 0 aliphatic carbocycles. The lowest BCUT2D eigenvalue weighted by Gasteiger charge is -2.27. The number of hydrogen-bond donors (Lipinski definition) is 1. The summed E-state index contributed by atoms with van der Waals surface area (Å²) >= 11 is 7.41. The fraction of sp³-hybridized carbons (Fsp3) is 0.353. The van der Waals surface area contributed by atoms with Crippen LogP contribution in [0.4, 0.5) is 13.2 Å². The second-order valence-electron chi connectivity index (χ2n) is 6.23. The van der Waals surface area contributed by atoms with E-state index in [-0.39, 0.29) is 23.9 Å². The van der Waals surface area contributed by atoms with E-state index < -0.39 is 26.7 Å². The highest BCUT2D eigenvalue weighted by Crippen LogP contribution is 2.33. The largest absolute Gasteiger partial charge is 0.416 e. The van der Waals surface area contributed by atoms with Crippen molar-refractivity contribution in [2.24, 2.45) is 0 Å². The number of thiophene rings is 1. The summed E-state index contributed by atoms with van der Waals surface area (Å²) in [7, 11) is -4.29. The van der Waals surface area contributed by atoms with Gasteiger partial charge in [0.2, 0.25) is 15.9 Å². The fourth-order valence-electron chi connectivity index (χ4n) is 2.88. The third-order valence-electron chi connectivity index (χ3n) is 4.34. The topological polar surface area (TPSA) is 66.5 Å². The molecule has 152 valence electrons. The van der Waals surface area contributed by atoms with E-state index in [4.69, 9.17) is 11.6 Å². The molecule has 0 spiro atoms. The van der Waals surface area contributed by atoms with Crippen LogP contribution in [-0.2, 0) is 34.0 Å². The van der Waals surface area contributed by atoms with Gasteiger partial charge in [0.1, 0.15) is 4.90 Å². The molecule has 0 fully saturated rings. The van der Waals surface area contributed by atoms with E-state index in [0.29, 0.717) is 25.2 Å². The zero-order valence-corrected chi connectivity index (χ0v) is 16.8. The monoisotopic (exact) mass is 452 g/mol. The van der Waals surface area contributed by atoms with E-state index in [9.17, 15) is 26.4 Å². The maximum atomic E-state index is 12.8. The van der Waals surface area contributed by atoms with Crippen molar-refractivity contribution in [3.63, 3.8) is 0 Å². The molecular formula is C17H16ClF3N2O3S2. The van der Waals surface area contributed by atoms with Gasteiger partial charge < -0.3 is 4.90 Å². The number of fused-ring (bicyclic) bond motifs is 1. The van der Waals surface area contributed by atoms with Gasteiger partial charge in [-0.3, -0.25) is 4.79 Å². The quantitative estimate of drug-likeness (QED) is 0.752. The summed E-state index contributed by atoms with van der Waals surface area (Å²) in [6, 6.07) is 4.03. The molecule has 0 saturated carbocycles. The molecular weight excluding hydrogens is 437 g/mol. The highest BCUT2D eigenvalue weighted by atomic mass is 35.5. The Morgan fingerprint density at radius 3 is 2.75 bits per heavy atom. The van der Waals surface area contributed by atoms with Crippen LogP contribution >= 0.6 is 22.9 Å². The van der Waals surface area contributed by atoms with Crippen molar-refractivity contribution in [2.75, 3.05) is 13.1 Å². The smallest absolute Gasteiger partial charge is 0.338 e. The minimum Gasteiger partial charge on any atom is -0.338 e. The van der Waals surface area contributed by atoms with Gasteiger partial charge in [0.15, 0.2) is 0 Å². The Morgan fingerprint density at radius 2 is 2.04 bits per heavy atom. The zero-order valence-electron chi connectivity index (χ0n) is 14.4. The molecule has 11 heteroatoms. The van der Waals surface area contributed by atoms with Crippen molar-refractivity contribution in [3.8, 4) is 0 Å². The molecule has 3 rings (SSSR count). The van der Waals surface area contributed by atoms with Crippen LogP contribution in [0.25, 0.3) is 0 Å². The molecule has 0 bridgehead atoms. The van der Waals surface area contributed by atoms with Crippen LogP contribution in [-0.4, -0.2) is 32.3 Å². The summed E-state index contributed by atoms with van der Waals surface area (Å²) in [5.74, 6) is -0.227. The van der Waals surface area contributed by atoms with Crippen LogP contribution in [0.2, 0.25) is 5.02 Å². The van der Waals surface area contributed by atoms with Crippen molar-refractivity contribution < 1.29 is 26.4 Å². The van der Waals surface area contributed by atoms with Crippen LogP contribution < -0.4 is 4.72 Å². The second kappa shape index (κ2) is 8.02. The van der Waals surface area contributed by atoms with Gasteiger partial charge >= 0.3 is 6.18 Å². The minimum absolute atomic E-state index is 0.102. The Balaban J connectivity index is 1.62. The molecule has 2 heterocycles. The van der Waals surface area contributed by atoms with Gasteiger partial charge in [-0.25, -0.2) is 13.1 Å². The first-order chi connectivity index (χ1) is 13.1. The number of carbonyl (C=O) groups is 1. The van der Waals surface area contributed by atoms with E-state index >= 15 is 0 Å². The Morgan fingerprint density at radius 1 is 1.29 bits per heavy atom. The van der Waals surface area contributed by atoms with E-state index in [1.165, 1.54) is 4.88 Å². The zero-order chi connectivity index (χ0) is 20.5. The number of benzene rings is 1. The van der Waals surface area contributed by atoms with Gasteiger partial charge in [-0.15, -0.1) is 11.3 Å². The summed E-state index contributed by atoms with van der Waals surface area (Å²) in [6.45, 7) is 0.795. The highest BCUT2D eigenvalue weighted by Gasteiger charge is 2.32. The van der Waals surface area contributed by atoms with Crippen LogP contribution in [0.5, 0.6) is 0 Å². The molecule has 1 aliphatic rings. The average Bonchev–Trinajstić information content (AvgIpc) is 3.08. The normalized spacial score (nSPS) is 14.8. The maximum absolute atomic E-state index is 12.8. The molecule has 5 nitrogen and oxygen atoms in total. The highest BCUT2D eigenvalue weighted by molar-refractivity contribution is 7.89. The number of hydrogen-bond acceptors (Lipinski definition) is 4. The van der Waals surface area contributed by atoms with Crippen LogP contribution in [0.15, 0.2) is 34.5 Å². The Bertz CT molecular complexity index is 990. The van der Waals surface area contributed by atoms with Crippen LogP contribution in [0.1, 0.15) is 22.4 Å². The van der Waals surface area contributed by atoms with Gasteiger partial charge in [-0.05, 0) is 41.6 Å². The second-order valence-corrected chi connectivity index (χ2v) is 9.37. The van der Waals surface area contributed by atoms with Gasteiger partial charge in [0, 0.05) is 30.9 Å². The predicted octanol–water partition coefficient (Wildman–Crippen LogP) is 3.67. The minimum atomic E-state index is -4.69. The molecule has 0 atom stereocenters. The fourth-order valence-corrected chi connectivity index (χ4v) is 5.32. The number of alkyl halides is 3. The molecule has 1 N–H and O–H groups in total. The number of carbonyl (C=O) groups excluding carboxylic acids is 1. The average molecular weight is 453 g/mol. The number of sulfonamides is 1. The molecule has 28 heavy (non-hydrogen) atoms. The number of nitrogens with one attached hydrogen (secondary N) is 1. The van der Waals surface area contributed by atoms with E-state index in [2.05, 4.69) is 4.72 Å². The molecule has 1 aliphatic heterocycles. The first kappa shape index (κ1) is 21.1. The summed E-state index contributed by atoms with van der Waals surface area (Å²) in [5, 5.41) is 1.64. The van der Waals surface area contributed by atoms with Gasteiger partial charge in [-0.1, -0.05) is 11.6 Å². The first-order valence-corrected chi connectivity index (χ1v) is 11.0. The standard InChI is InChI=1S/C17H16ClF3N2O3S2/c18-13-2-1-12(17(19,20)21)9-15(13)28(25,26)22-6-3-16(24)23-7-4-14-11(10-23)5-8-27-14/h1-2,5,8-9,22H,3-4,6-7,10H2. The lowest BCUT2D eigenvalue weighted by Crippen LogP contribution is -2.37. The Labute approximate surface area is 169 Å². The Kier molecular flexibility index (Phi) is 6.04. The Hall–Kier alpha value is -1.62. The van der Waals surface area contributed by atoms with Gasteiger partial charge in [0.05, 0.1) is 10.6 Å². The SMILES string of the molecule is O=C(CCNS(=O)(=O)c1cc(C(F)(F)F)ccc1Cl)N1CCc2sccc2C1. The predicted molar refractivity (Wildman–Crippen MR) is 99.7 cm³/mol. The van der Waals surface area contributed by atoms with Crippen molar-refractivity contribution in [1.29, 1.82) is 0 Å². The molecule has 0 radical (unpaired) electrons. The summed E-state index contributed by atoms with van der Waals surface area (Å²) in [5.41, 5.74) is -0.0332. The molecule has 1 amide bonds. The van der Waals surface area contributed by atoms with Gasteiger partial charge in [0.25, 0.3) is 0 Å². The van der Waals surface area contributed by atoms with Crippen molar-refractivity contribution in [1.82, 2.24) is 9.62 Å². The number of nitrogens with zero attached hydrogens (tertiary/aromatic N) is 1. The third-order valence-corrected chi connectivity index (χ3v) is 7.30. The lowest BCUT2D eigenvalue weighted by atomic mass is 10.1.